The Bertz CT molecular complexity index is 692. The standard InChI is InChI=1S/C11H17N2O8P/c1-6-3-13(11(16)12-10(6)15)7-2-8(14)9(20-4-7)5-21-22(17,18)19/h3,7-9,14H,2,4-5H2,1H3,(H,12,15,16)(H2,17,18,19)/t7-,8-,9+/m0/s1. The highest BCUT2D eigenvalue weighted by Crippen LogP contribution is 2.36. The van der Waals surface area contributed by atoms with Gasteiger partial charge in [0.1, 0.15) is 6.10 Å². The molecule has 0 spiro atoms. The summed E-state index contributed by atoms with van der Waals surface area (Å²) < 4.78 is 21.5. The number of aliphatic hydroxyl groups excluding tert-OH is 1. The topological polar surface area (TPSA) is 151 Å². The molecular formula is C11H17N2O8P. The Morgan fingerprint density at radius 2 is 2.18 bits per heavy atom. The molecule has 1 fully saturated rings. The highest BCUT2D eigenvalue weighted by atomic mass is 31.2. The number of aromatic nitrogens is 2. The molecule has 0 unspecified atom stereocenters. The Balaban J connectivity index is 2.07. The van der Waals surface area contributed by atoms with Crippen LogP contribution in [0.1, 0.15) is 18.0 Å². The van der Waals surface area contributed by atoms with Gasteiger partial charge in [-0.15, -0.1) is 0 Å². The monoisotopic (exact) mass is 336 g/mol. The van der Waals surface area contributed by atoms with Gasteiger partial charge in [-0.25, -0.2) is 9.36 Å². The number of rotatable bonds is 4. The number of aryl methyl sites for hydroxylation is 1. The van der Waals surface area contributed by atoms with E-state index in [0.29, 0.717) is 5.56 Å². The summed E-state index contributed by atoms with van der Waals surface area (Å²) in [6.45, 7) is 1.13. The molecule has 0 aliphatic carbocycles. The van der Waals surface area contributed by atoms with E-state index >= 15 is 0 Å². The van der Waals surface area contributed by atoms with Gasteiger partial charge in [0.2, 0.25) is 0 Å². The van der Waals surface area contributed by atoms with E-state index in [1.807, 2.05) is 0 Å². The lowest BCUT2D eigenvalue weighted by Crippen LogP contribution is -2.45. The molecule has 0 amide bonds. The fourth-order valence-corrected chi connectivity index (χ4v) is 2.57. The first-order valence-corrected chi connectivity index (χ1v) is 8.02. The number of aliphatic hydroxyl groups is 1. The molecule has 0 saturated carbocycles. The summed E-state index contributed by atoms with van der Waals surface area (Å²) >= 11 is 0. The molecule has 3 atom stereocenters. The maximum absolute atomic E-state index is 11.8. The first-order chi connectivity index (χ1) is 10.2. The minimum Gasteiger partial charge on any atom is -0.390 e. The Morgan fingerprint density at radius 3 is 2.77 bits per heavy atom. The Morgan fingerprint density at radius 1 is 1.50 bits per heavy atom. The SMILES string of the molecule is Cc1cn([C@@H]2CO[C@H](COP(=O)(O)O)[C@@H](O)C2)c(=O)[nH]c1=O. The van der Waals surface area contributed by atoms with Crippen molar-refractivity contribution >= 4 is 7.82 Å². The van der Waals surface area contributed by atoms with Gasteiger partial charge in [-0.05, 0) is 13.3 Å². The molecule has 1 aliphatic heterocycles. The molecule has 2 heterocycles. The van der Waals surface area contributed by atoms with Crippen LogP contribution in [0.25, 0.3) is 0 Å². The van der Waals surface area contributed by atoms with Gasteiger partial charge in [0.15, 0.2) is 0 Å². The molecule has 1 aromatic rings. The van der Waals surface area contributed by atoms with Crippen molar-refractivity contribution in [3.63, 3.8) is 0 Å². The Kier molecular flexibility index (Phi) is 5.00. The third-order valence-electron chi connectivity index (χ3n) is 3.39. The summed E-state index contributed by atoms with van der Waals surface area (Å²) in [7, 11) is -4.64. The second-order valence-corrected chi connectivity index (χ2v) is 6.33. The number of nitrogens with one attached hydrogen (secondary N) is 1. The molecule has 0 bridgehead atoms. The van der Waals surface area contributed by atoms with Gasteiger partial charge in [0.05, 0.1) is 25.4 Å². The third-order valence-corrected chi connectivity index (χ3v) is 3.88. The van der Waals surface area contributed by atoms with E-state index in [0.717, 1.165) is 0 Å². The molecule has 11 heteroatoms. The number of phosphoric acid groups is 1. The van der Waals surface area contributed by atoms with Crippen molar-refractivity contribution in [1.29, 1.82) is 0 Å². The average molecular weight is 336 g/mol. The van der Waals surface area contributed by atoms with Crippen molar-refractivity contribution in [2.75, 3.05) is 13.2 Å². The lowest BCUT2D eigenvalue weighted by Gasteiger charge is -2.33. The molecule has 22 heavy (non-hydrogen) atoms. The molecule has 124 valence electrons. The van der Waals surface area contributed by atoms with E-state index in [2.05, 4.69) is 9.51 Å². The highest BCUT2D eigenvalue weighted by molar-refractivity contribution is 7.46. The van der Waals surface area contributed by atoms with Gasteiger partial charge >= 0.3 is 13.5 Å². The van der Waals surface area contributed by atoms with Crippen LogP contribution in [-0.4, -0.2) is 49.9 Å². The van der Waals surface area contributed by atoms with E-state index in [1.54, 1.807) is 6.92 Å². The van der Waals surface area contributed by atoms with Crippen LogP contribution >= 0.6 is 7.82 Å². The van der Waals surface area contributed by atoms with Crippen LogP contribution in [0.4, 0.5) is 0 Å². The maximum atomic E-state index is 11.8. The largest absolute Gasteiger partial charge is 0.469 e. The Labute approximate surface area is 124 Å². The van der Waals surface area contributed by atoms with Crippen LogP contribution in [0.15, 0.2) is 15.8 Å². The van der Waals surface area contributed by atoms with Crippen molar-refractivity contribution in [2.24, 2.45) is 0 Å². The minimum atomic E-state index is -4.64. The first-order valence-electron chi connectivity index (χ1n) is 6.49. The molecule has 10 nitrogen and oxygen atoms in total. The Hall–Kier alpha value is -1.29. The molecular weight excluding hydrogens is 319 g/mol. The lowest BCUT2D eigenvalue weighted by atomic mass is 10.0. The maximum Gasteiger partial charge on any atom is 0.469 e. The molecule has 2 rings (SSSR count). The number of nitrogens with zero attached hydrogens (tertiary/aromatic N) is 1. The quantitative estimate of drug-likeness (QED) is 0.492. The van der Waals surface area contributed by atoms with Gasteiger partial charge in [0.25, 0.3) is 5.56 Å². The van der Waals surface area contributed by atoms with Crippen molar-refractivity contribution in [3.05, 3.63) is 32.6 Å². The van der Waals surface area contributed by atoms with Gasteiger partial charge in [0, 0.05) is 11.8 Å². The summed E-state index contributed by atoms with van der Waals surface area (Å²) in [4.78, 5) is 42.5. The van der Waals surface area contributed by atoms with Crippen LogP contribution < -0.4 is 11.2 Å². The molecule has 4 N–H and O–H groups in total. The molecule has 1 saturated heterocycles. The summed E-state index contributed by atoms with van der Waals surface area (Å²) in [5.41, 5.74) is -0.742. The number of hydrogen-bond donors (Lipinski definition) is 4. The fourth-order valence-electron chi connectivity index (χ4n) is 2.23. The normalized spacial score (nSPS) is 26.1. The zero-order valence-electron chi connectivity index (χ0n) is 11.7. The van der Waals surface area contributed by atoms with Gasteiger partial charge < -0.3 is 19.6 Å². The predicted molar refractivity (Wildman–Crippen MR) is 73.5 cm³/mol. The second kappa shape index (κ2) is 6.45. The fraction of sp³-hybridized carbons (Fsp3) is 0.636. The molecule has 0 radical (unpaired) electrons. The van der Waals surface area contributed by atoms with Crippen LogP contribution in [-0.2, 0) is 13.8 Å². The van der Waals surface area contributed by atoms with Crippen LogP contribution in [0.3, 0.4) is 0 Å². The van der Waals surface area contributed by atoms with Crippen molar-refractivity contribution in [1.82, 2.24) is 9.55 Å². The summed E-state index contributed by atoms with van der Waals surface area (Å²) in [5, 5.41) is 9.97. The number of phosphoric ester groups is 1. The summed E-state index contributed by atoms with van der Waals surface area (Å²) in [6.07, 6.45) is -0.456. The van der Waals surface area contributed by atoms with E-state index < -0.39 is 43.9 Å². The number of H-pyrrole nitrogens is 1. The smallest absolute Gasteiger partial charge is 0.390 e. The molecule has 0 aromatic carbocycles. The number of aromatic amines is 1. The molecule has 1 aliphatic rings. The molecule has 1 aromatic heterocycles. The van der Waals surface area contributed by atoms with Crippen molar-refractivity contribution in [2.45, 2.75) is 31.6 Å². The van der Waals surface area contributed by atoms with Crippen LogP contribution in [0, 0.1) is 6.92 Å². The van der Waals surface area contributed by atoms with E-state index in [1.165, 1.54) is 10.8 Å². The second-order valence-electron chi connectivity index (χ2n) is 5.09. The summed E-state index contributed by atoms with van der Waals surface area (Å²) in [5.74, 6) is 0. The lowest BCUT2D eigenvalue weighted by molar-refractivity contribution is -0.111. The van der Waals surface area contributed by atoms with Crippen molar-refractivity contribution < 1.29 is 28.7 Å². The van der Waals surface area contributed by atoms with E-state index in [9.17, 15) is 19.3 Å². The van der Waals surface area contributed by atoms with E-state index in [-0.39, 0.29) is 13.0 Å². The zero-order chi connectivity index (χ0) is 16.5. The van der Waals surface area contributed by atoms with E-state index in [4.69, 9.17) is 14.5 Å². The van der Waals surface area contributed by atoms with Gasteiger partial charge in [-0.3, -0.25) is 18.9 Å². The third kappa shape index (κ3) is 4.13. The zero-order valence-corrected chi connectivity index (χ0v) is 12.6. The average Bonchev–Trinajstić information content (AvgIpc) is 2.40. The predicted octanol–water partition coefficient (Wildman–Crippen LogP) is -1.35. The number of hydrogen-bond acceptors (Lipinski definition) is 6. The minimum absolute atomic E-state index is 0.0393. The highest BCUT2D eigenvalue weighted by Gasteiger charge is 2.33. The summed E-state index contributed by atoms with van der Waals surface area (Å²) in [6, 6.07) is -0.496. The van der Waals surface area contributed by atoms with Gasteiger partial charge in [-0.2, -0.15) is 0 Å². The van der Waals surface area contributed by atoms with Crippen LogP contribution in [0.5, 0.6) is 0 Å². The van der Waals surface area contributed by atoms with Crippen LogP contribution in [0.2, 0.25) is 0 Å². The number of ether oxygens (including phenoxy) is 1. The van der Waals surface area contributed by atoms with Crippen molar-refractivity contribution in [3.8, 4) is 0 Å². The first kappa shape index (κ1) is 17.1. The van der Waals surface area contributed by atoms with Gasteiger partial charge in [-0.1, -0.05) is 0 Å².